The van der Waals surface area contributed by atoms with Crippen molar-refractivity contribution in [1.82, 2.24) is 8.96 Å². The molecule has 0 N–H and O–H groups in total. The van der Waals surface area contributed by atoms with Gasteiger partial charge in [-0.2, -0.15) is 0 Å². The highest BCUT2D eigenvalue weighted by molar-refractivity contribution is 9.11. The van der Waals surface area contributed by atoms with E-state index in [1.807, 2.05) is 20.8 Å². The summed E-state index contributed by atoms with van der Waals surface area (Å²) in [6.07, 6.45) is 2.99. The fourth-order valence-electron chi connectivity index (χ4n) is 1.84. The molecule has 0 aliphatic carbocycles. The van der Waals surface area contributed by atoms with Crippen molar-refractivity contribution >= 4 is 41.9 Å². The fraction of sp³-hybridized carbons (Fsp3) is 0.308. The molecule has 0 unspecified atom stereocenters. The van der Waals surface area contributed by atoms with Crippen LogP contribution in [0.1, 0.15) is 31.2 Å². The third kappa shape index (κ3) is 2.71. The molecule has 0 saturated carbocycles. The predicted octanol–water partition coefficient (Wildman–Crippen LogP) is 4.08. The van der Waals surface area contributed by atoms with Crippen LogP contribution in [0.3, 0.4) is 0 Å². The molecule has 0 fully saturated rings. The second-order valence-electron chi connectivity index (χ2n) is 4.77. The predicted molar refractivity (Wildman–Crippen MR) is 85.5 cm³/mol. The zero-order chi connectivity index (χ0) is 15.1. The van der Waals surface area contributed by atoms with Crippen molar-refractivity contribution in [3.8, 4) is 0 Å². The smallest absolute Gasteiger partial charge is 0.240 e. The van der Waals surface area contributed by atoms with E-state index in [4.69, 9.17) is 0 Å². The monoisotopic (exact) mass is 420 g/mol. The van der Waals surface area contributed by atoms with Crippen LogP contribution in [0.15, 0.2) is 38.4 Å². The van der Waals surface area contributed by atoms with Gasteiger partial charge in [-0.15, -0.1) is 0 Å². The largest absolute Gasteiger partial charge is 0.270 e. The molecule has 0 atom stereocenters. The van der Waals surface area contributed by atoms with E-state index in [2.05, 4.69) is 36.8 Å². The number of aromatic nitrogens is 2. The summed E-state index contributed by atoms with van der Waals surface area (Å²) in [5.74, 6) is 0.549. The van der Waals surface area contributed by atoms with Crippen molar-refractivity contribution in [1.29, 1.82) is 0 Å². The molecule has 1 aromatic heterocycles. The second-order valence-corrected chi connectivity index (χ2v) is 8.26. The molecule has 7 heteroatoms. The molecule has 2 aromatic rings. The van der Waals surface area contributed by atoms with Gasteiger partial charge >= 0.3 is 0 Å². The van der Waals surface area contributed by atoms with Gasteiger partial charge in [-0.05, 0) is 40.5 Å². The summed E-state index contributed by atoms with van der Waals surface area (Å²) < 4.78 is 28.2. The molecule has 0 bridgehead atoms. The molecule has 0 amide bonds. The van der Waals surface area contributed by atoms with Crippen LogP contribution < -0.4 is 0 Å². The van der Waals surface area contributed by atoms with Crippen LogP contribution in [0, 0.1) is 6.92 Å². The van der Waals surface area contributed by atoms with Crippen molar-refractivity contribution in [2.75, 3.05) is 0 Å². The Morgan fingerprint density at radius 2 is 1.85 bits per heavy atom. The first kappa shape index (κ1) is 15.7. The van der Waals surface area contributed by atoms with Gasteiger partial charge in [0.1, 0.15) is 10.7 Å². The lowest BCUT2D eigenvalue weighted by atomic mass is 10.2. The molecule has 1 aromatic carbocycles. The maximum atomic E-state index is 12.8. The maximum Gasteiger partial charge on any atom is 0.270 e. The van der Waals surface area contributed by atoms with E-state index in [1.165, 1.54) is 16.4 Å². The standard InChI is InChI=1S/C13H14Br2N2O2S/c1-8(2)13-16-4-5-17(13)20(18,19)12-6-9(3)10(14)7-11(12)15/h4-8H,1-3H3. The van der Waals surface area contributed by atoms with Crippen molar-refractivity contribution < 1.29 is 8.42 Å². The minimum absolute atomic E-state index is 0.0232. The van der Waals surface area contributed by atoms with Crippen LogP contribution in [0.25, 0.3) is 0 Å². The number of nitrogens with zero attached hydrogens (tertiary/aromatic N) is 2. The Hall–Kier alpha value is -0.660. The van der Waals surface area contributed by atoms with Crippen molar-refractivity contribution in [2.45, 2.75) is 31.6 Å². The number of imidazole rings is 1. The summed E-state index contributed by atoms with van der Waals surface area (Å²) in [5.41, 5.74) is 0.859. The molecule has 1 heterocycles. The van der Waals surface area contributed by atoms with Gasteiger partial charge in [-0.3, -0.25) is 0 Å². The SMILES string of the molecule is Cc1cc(S(=O)(=O)n2ccnc2C(C)C)c(Br)cc1Br. The summed E-state index contributed by atoms with van der Waals surface area (Å²) in [5, 5.41) is 0. The quantitative estimate of drug-likeness (QED) is 0.750. The topological polar surface area (TPSA) is 52.0 Å². The van der Waals surface area contributed by atoms with Crippen molar-refractivity contribution in [2.24, 2.45) is 0 Å². The van der Waals surface area contributed by atoms with Gasteiger partial charge in [0, 0.05) is 27.3 Å². The summed E-state index contributed by atoms with van der Waals surface area (Å²) in [7, 11) is -3.65. The summed E-state index contributed by atoms with van der Waals surface area (Å²) in [6, 6.07) is 3.39. The lowest BCUT2D eigenvalue weighted by Crippen LogP contribution is -2.17. The third-order valence-corrected chi connectivity index (χ3v) is 6.39. The van der Waals surface area contributed by atoms with Gasteiger partial charge in [0.25, 0.3) is 10.0 Å². The third-order valence-electron chi connectivity index (χ3n) is 2.90. The molecule has 20 heavy (non-hydrogen) atoms. The lowest BCUT2D eigenvalue weighted by Gasteiger charge is -2.13. The highest BCUT2D eigenvalue weighted by Crippen LogP contribution is 2.31. The Morgan fingerprint density at radius 1 is 1.20 bits per heavy atom. The average Bonchev–Trinajstić information content (AvgIpc) is 2.83. The Kier molecular flexibility index (Phi) is 4.41. The number of benzene rings is 1. The zero-order valence-electron chi connectivity index (χ0n) is 11.3. The van der Waals surface area contributed by atoms with E-state index in [0.29, 0.717) is 10.3 Å². The molecule has 2 rings (SSSR count). The van der Waals surface area contributed by atoms with Gasteiger partial charge in [0.15, 0.2) is 0 Å². The molecule has 0 aliphatic heterocycles. The van der Waals surface area contributed by atoms with E-state index in [9.17, 15) is 8.42 Å². The maximum absolute atomic E-state index is 12.8. The minimum atomic E-state index is -3.65. The summed E-state index contributed by atoms with van der Waals surface area (Å²) in [6.45, 7) is 5.68. The van der Waals surface area contributed by atoms with Crippen LogP contribution in [-0.4, -0.2) is 17.4 Å². The van der Waals surface area contributed by atoms with Crippen molar-refractivity contribution in [3.05, 3.63) is 44.9 Å². The van der Waals surface area contributed by atoms with E-state index >= 15 is 0 Å². The Balaban J connectivity index is 2.67. The molecule has 0 aliphatic rings. The molecule has 0 spiro atoms. The van der Waals surface area contributed by atoms with E-state index < -0.39 is 10.0 Å². The van der Waals surface area contributed by atoms with Crippen LogP contribution >= 0.6 is 31.9 Å². The van der Waals surface area contributed by atoms with Gasteiger partial charge in [-0.25, -0.2) is 17.4 Å². The molecule has 4 nitrogen and oxygen atoms in total. The molecule has 0 saturated heterocycles. The average molecular weight is 422 g/mol. The van der Waals surface area contributed by atoms with Gasteiger partial charge in [0.05, 0.1) is 0 Å². The lowest BCUT2D eigenvalue weighted by molar-refractivity contribution is 0.581. The highest BCUT2D eigenvalue weighted by atomic mass is 79.9. The number of rotatable bonds is 3. The minimum Gasteiger partial charge on any atom is -0.240 e. The van der Waals surface area contributed by atoms with E-state index in [1.54, 1.807) is 12.1 Å². The molecule has 0 radical (unpaired) electrons. The number of halogens is 2. The van der Waals surface area contributed by atoms with Crippen LogP contribution in [0.2, 0.25) is 0 Å². The number of aryl methyl sites for hydroxylation is 1. The Labute approximate surface area is 135 Å². The van der Waals surface area contributed by atoms with Gasteiger partial charge < -0.3 is 0 Å². The van der Waals surface area contributed by atoms with Crippen LogP contribution in [-0.2, 0) is 10.0 Å². The van der Waals surface area contributed by atoms with Crippen LogP contribution in [0.5, 0.6) is 0 Å². The zero-order valence-corrected chi connectivity index (χ0v) is 15.3. The molecular weight excluding hydrogens is 408 g/mol. The normalized spacial score (nSPS) is 12.1. The van der Waals surface area contributed by atoms with E-state index in [-0.39, 0.29) is 10.8 Å². The number of hydrogen-bond acceptors (Lipinski definition) is 3. The van der Waals surface area contributed by atoms with Gasteiger partial charge in [0.2, 0.25) is 0 Å². The summed E-state index contributed by atoms with van der Waals surface area (Å²) in [4.78, 5) is 4.37. The summed E-state index contributed by atoms with van der Waals surface area (Å²) >= 11 is 6.71. The second kappa shape index (κ2) is 5.61. The van der Waals surface area contributed by atoms with Crippen LogP contribution in [0.4, 0.5) is 0 Å². The first-order valence-electron chi connectivity index (χ1n) is 5.99. The Morgan fingerprint density at radius 3 is 2.45 bits per heavy atom. The molecule has 108 valence electrons. The first-order valence-corrected chi connectivity index (χ1v) is 9.02. The van der Waals surface area contributed by atoms with E-state index in [0.717, 1.165) is 10.0 Å². The Bertz CT molecular complexity index is 752. The van der Waals surface area contributed by atoms with Gasteiger partial charge in [-0.1, -0.05) is 29.8 Å². The first-order chi connectivity index (χ1) is 9.25. The fourth-order valence-corrected chi connectivity index (χ4v) is 5.01. The van der Waals surface area contributed by atoms with Crippen molar-refractivity contribution in [3.63, 3.8) is 0 Å². The molecular formula is C13H14Br2N2O2S. The highest BCUT2D eigenvalue weighted by Gasteiger charge is 2.24. The number of hydrogen-bond donors (Lipinski definition) is 0.